The van der Waals surface area contributed by atoms with Crippen LogP contribution >= 0.6 is 0 Å². The molecule has 1 N–H and O–H groups in total. The minimum Gasteiger partial charge on any atom is -0.348 e. The van der Waals surface area contributed by atoms with E-state index in [2.05, 4.69) is 35.9 Å². The van der Waals surface area contributed by atoms with Crippen molar-refractivity contribution in [2.24, 2.45) is 0 Å². The predicted octanol–water partition coefficient (Wildman–Crippen LogP) is 1.61. The van der Waals surface area contributed by atoms with Gasteiger partial charge in [-0.25, -0.2) is 0 Å². The fourth-order valence-corrected chi connectivity index (χ4v) is 2.85. The van der Waals surface area contributed by atoms with Gasteiger partial charge in [0, 0.05) is 25.2 Å². The summed E-state index contributed by atoms with van der Waals surface area (Å²) in [5, 5.41) is 7.56. The number of aromatic nitrogens is 2. The van der Waals surface area contributed by atoms with E-state index in [1.54, 1.807) is 7.05 Å². The molecule has 0 bridgehead atoms. The van der Waals surface area contributed by atoms with E-state index >= 15 is 0 Å². The minimum atomic E-state index is -0.126. The van der Waals surface area contributed by atoms with Gasteiger partial charge in [-0.15, -0.1) is 0 Å². The number of hydrogen-bond donors (Lipinski definition) is 1. The zero-order valence-electron chi connectivity index (χ0n) is 14.1. The van der Waals surface area contributed by atoms with Gasteiger partial charge < -0.3 is 10.2 Å². The molecule has 1 aliphatic carbocycles. The Labute approximate surface area is 131 Å². The molecular weight excluding hydrogens is 280 g/mol. The normalized spacial score (nSPS) is 17.8. The van der Waals surface area contributed by atoms with Crippen molar-refractivity contribution in [3.05, 3.63) is 17.5 Å². The molecule has 2 amide bonds. The lowest BCUT2D eigenvalue weighted by molar-refractivity contribution is -0.133. The molecule has 0 fully saturated rings. The number of carbonyl (C=O) groups excluding carboxylic acids is 2. The lowest BCUT2D eigenvalue weighted by Gasteiger charge is -2.28. The molecule has 1 heterocycles. The summed E-state index contributed by atoms with van der Waals surface area (Å²) in [7, 11) is 1.63. The van der Waals surface area contributed by atoms with Crippen LogP contribution in [0, 0.1) is 0 Å². The molecule has 1 aromatic heterocycles. The van der Waals surface area contributed by atoms with Gasteiger partial charge in [-0.3, -0.25) is 14.3 Å². The van der Waals surface area contributed by atoms with E-state index in [0.29, 0.717) is 0 Å². The molecule has 0 aliphatic heterocycles. The maximum atomic E-state index is 12.1. The molecule has 2 rings (SSSR count). The largest absolute Gasteiger partial charge is 0.348 e. The summed E-state index contributed by atoms with van der Waals surface area (Å²) >= 11 is 0. The minimum absolute atomic E-state index is 0.00675. The highest BCUT2D eigenvalue weighted by molar-refractivity contribution is 5.83. The number of carbonyl (C=O) groups is 2. The Morgan fingerprint density at radius 2 is 2.14 bits per heavy atom. The van der Waals surface area contributed by atoms with E-state index in [1.807, 2.05) is 6.20 Å². The van der Waals surface area contributed by atoms with E-state index in [4.69, 9.17) is 0 Å². The van der Waals surface area contributed by atoms with Crippen LogP contribution in [0.5, 0.6) is 0 Å². The summed E-state index contributed by atoms with van der Waals surface area (Å²) in [4.78, 5) is 24.7. The van der Waals surface area contributed by atoms with Gasteiger partial charge in [0.25, 0.3) is 0 Å². The first-order valence-corrected chi connectivity index (χ1v) is 7.78. The SMILES string of the molecule is CC(=O)N(C)CC(=O)N[C@@H]1CCCc2c1cnn2C(C)(C)C. The van der Waals surface area contributed by atoms with Crippen LogP contribution < -0.4 is 5.32 Å². The van der Waals surface area contributed by atoms with Crippen molar-refractivity contribution < 1.29 is 9.59 Å². The second kappa shape index (κ2) is 6.10. The van der Waals surface area contributed by atoms with E-state index < -0.39 is 0 Å². The highest BCUT2D eigenvalue weighted by Crippen LogP contribution is 2.32. The van der Waals surface area contributed by atoms with Crippen LogP contribution in [-0.4, -0.2) is 40.1 Å². The van der Waals surface area contributed by atoms with Crippen molar-refractivity contribution >= 4 is 11.8 Å². The maximum absolute atomic E-state index is 12.1. The number of rotatable bonds is 3. The van der Waals surface area contributed by atoms with E-state index in [1.165, 1.54) is 17.5 Å². The van der Waals surface area contributed by atoms with Gasteiger partial charge in [0.1, 0.15) is 0 Å². The van der Waals surface area contributed by atoms with Gasteiger partial charge in [0.15, 0.2) is 0 Å². The molecular formula is C16H26N4O2. The topological polar surface area (TPSA) is 67.2 Å². The summed E-state index contributed by atoms with van der Waals surface area (Å²) in [6.45, 7) is 7.94. The van der Waals surface area contributed by atoms with Gasteiger partial charge in [-0.05, 0) is 40.0 Å². The third-order valence-electron chi connectivity index (χ3n) is 4.07. The molecule has 1 atom stereocenters. The predicted molar refractivity (Wildman–Crippen MR) is 84.4 cm³/mol. The molecule has 0 unspecified atom stereocenters. The van der Waals surface area contributed by atoms with Gasteiger partial charge in [0.2, 0.25) is 11.8 Å². The molecule has 0 aromatic carbocycles. The number of nitrogens with zero attached hydrogens (tertiary/aromatic N) is 3. The van der Waals surface area contributed by atoms with E-state index in [0.717, 1.165) is 24.8 Å². The Morgan fingerprint density at radius 1 is 1.45 bits per heavy atom. The average molecular weight is 306 g/mol. The van der Waals surface area contributed by atoms with Crippen LogP contribution in [0.4, 0.5) is 0 Å². The Morgan fingerprint density at radius 3 is 2.73 bits per heavy atom. The number of fused-ring (bicyclic) bond motifs is 1. The Kier molecular flexibility index (Phi) is 4.58. The molecule has 0 saturated carbocycles. The summed E-state index contributed by atoms with van der Waals surface area (Å²) in [6, 6.07) is -0.00675. The number of hydrogen-bond acceptors (Lipinski definition) is 3. The molecule has 1 aliphatic rings. The standard InChI is InChI=1S/C16H26N4O2/c1-11(21)19(5)10-15(22)18-13-7-6-8-14-12(13)9-17-20(14)16(2,3)4/h9,13H,6-8,10H2,1-5H3,(H,18,22)/t13-/m1/s1. The molecule has 0 saturated heterocycles. The van der Waals surface area contributed by atoms with Crippen molar-refractivity contribution in [3.63, 3.8) is 0 Å². The zero-order chi connectivity index (χ0) is 16.5. The van der Waals surface area contributed by atoms with Gasteiger partial charge >= 0.3 is 0 Å². The number of amides is 2. The first-order chi connectivity index (χ1) is 10.2. The second-order valence-electron chi connectivity index (χ2n) is 7.02. The van der Waals surface area contributed by atoms with Crippen LogP contribution in [0.3, 0.4) is 0 Å². The molecule has 0 radical (unpaired) electrons. The van der Waals surface area contributed by atoms with Crippen molar-refractivity contribution in [2.45, 2.75) is 58.5 Å². The molecule has 22 heavy (non-hydrogen) atoms. The third-order valence-corrected chi connectivity index (χ3v) is 4.07. The summed E-state index contributed by atoms with van der Waals surface area (Å²) < 4.78 is 2.06. The first-order valence-electron chi connectivity index (χ1n) is 7.78. The molecule has 122 valence electrons. The summed E-state index contributed by atoms with van der Waals surface area (Å²) in [5.41, 5.74) is 2.26. The van der Waals surface area contributed by atoms with Crippen LogP contribution in [0.2, 0.25) is 0 Å². The molecule has 6 heteroatoms. The van der Waals surface area contributed by atoms with Crippen LogP contribution in [0.1, 0.15) is 57.8 Å². The van der Waals surface area contributed by atoms with Crippen LogP contribution in [0.15, 0.2) is 6.20 Å². The van der Waals surface area contributed by atoms with Gasteiger partial charge in [-0.2, -0.15) is 5.10 Å². The number of likely N-dealkylation sites (N-methyl/N-ethyl adjacent to an activating group) is 1. The monoisotopic (exact) mass is 306 g/mol. The van der Waals surface area contributed by atoms with Crippen molar-refractivity contribution in [3.8, 4) is 0 Å². The van der Waals surface area contributed by atoms with Gasteiger partial charge in [0.05, 0.1) is 24.3 Å². The van der Waals surface area contributed by atoms with Gasteiger partial charge in [-0.1, -0.05) is 0 Å². The fourth-order valence-electron chi connectivity index (χ4n) is 2.85. The molecule has 0 spiro atoms. The lowest BCUT2D eigenvalue weighted by atomic mass is 9.92. The quantitative estimate of drug-likeness (QED) is 0.922. The molecule has 1 aromatic rings. The zero-order valence-corrected chi connectivity index (χ0v) is 14.1. The van der Waals surface area contributed by atoms with Crippen LogP contribution in [-0.2, 0) is 21.5 Å². The third kappa shape index (κ3) is 3.48. The average Bonchev–Trinajstić information content (AvgIpc) is 2.83. The van der Waals surface area contributed by atoms with E-state index in [9.17, 15) is 9.59 Å². The smallest absolute Gasteiger partial charge is 0.240 e. The second-order valence-corrected chi connectivity index (χ2v) is 7.02. The first kappa shape index (κ1) is 16.5. The Bertz CT molecular complexity index is 571. The van der Waals surface area contributed by atoms with Crippen molar-refractivity contribution in [1.29, 1.82) is 0 Å². The summed E-state index contributed by atoms with van der Waals surface area (Å²) in [5.74, 6) is -0.237. The highest BCUT2D eigenvalue weighted by atomic mass is 16.2. The van der Waals surface area contributed by atoms with Crippen molar-refractivity contribution in [2.75, 3.05) is 13.6 Å². The Balaban J connectivity index is 2.12. The summed E-state index contributed by atoms with van der Waals surface area (Å²) in [6.07, 6.45) is 4.81. The number of nitrogens with one attached hydrogen (secondary N) is 1. The van der Waals surface area contributed by atoms with Crippen LogP contribution in [0.25, 0.3) is 0 Å². The Hall–Kier alpha value is -1.85. The highest BCUT2D eigenvalue weighted by Gasteiger charge is 2.29. The van der Waals surface area contributed by atoms with Crippen molar-refractivity contribution in [1.82, 2.24) is 20.0 Å². The van der Waals surface area contributed by atoms with E-state index in [-0.39, 0.29) is 29.9 Å². The molecule has 6 nitrogen and oxygen atoms in total. The lowest BCUT2D eigenvalue weighted by Crippen LogP contribution is -2.40. The fraction of sp³-hybridized carbons (Fsp3) is 0.688. The maximum Gasteiger partial charge on any atom is 0.240 e.